The molecule has 0 spiro atoms. The topological polar surface area (TPSA) is 35.0 Å². The fraction of sp³-hybridized carbons (Fsp3) is 0.273. The molecule has 1 aromatic heterocycles. The Labute approximate surface area is 82.8 Å². The number of nitrogens with zero attached hydrogens (tertiary/aromatic N) is 2. The molecule has 1 aromatic carbocycles. The van der Waals surface area contributed by atoms with Gasteiger partial charge < -0.3 is 4.74 Å². The van der Waals surface area contributed by atoms with Gasteiger partial charge in [-0.3, -0.25) is 0 Å². The third-order valence-corrected chi connectivity index (χ3v) is 2.12. The molecule has 0 aliphatic carbocycles. The molecule has 0 amide bonds. The van der Waals surface area contributed by atoms with Gasteiger partial charge in [0.25, 0.3) is 0 Å². The molecular weight excluding hydrogens is 176 g/mol. The van der Waals surface area contributed by atoms with Gasteiger partial charge in [-0.15, -0.1) is 0 Å². The number of fused-ring (bicyclic) bond motifs is 1. The second kappa shape index (κ2) is 3.62. The van der Waals surface area contributed by atoms with Crippen molar-refractivity contribution < 1.29 is 4.74 Å². The van der Waals surface area contributed by atoms with E-state index >= 15 is 0 Å². The largest absolute Gasteiger partial charge is 0.494 e. The Kier molecular flexibility index (Phi) is 2.31. The van der Waals surface area contributed by atoms with Gasteiger partial charge in [-0.25, -0.2) is 9.97 Å². The number of ether oxygens (including phenoxy) is 1. The van der Waals surface area contributed by atoms with Crippen molar-refractivity contribution in [3.63, 3.8) is 0 Å². The normalized spacial score (nSPS) is 10.4. The van der Waals surface area contributed by atoms with E-state index in [1.54, 1.807) is 6.33 Å². The van der Waals surface area contributed by atoms with Gasteiger partial charge in [0, 0.05) is 17.1 Å². The van der Waals surface area contributed by atoms with Crippen LogP contribution in [0, 0.1) is 6.92 Å². The first-order valence-electron chi connectivity index (χ1n) is 4.65. The van der Waals surface area contributed by atoms with E-state index in [0.717, 1.165) is 22.3 Å². The van der Waals surface area contributed by atoms with E-state index < -0.39 is 0 Å². The molecule has 2 rings (SSSR count). The Morgan fingerprint density at radius 3 is 2.93 bits per heavy atom. The highest BCUT2D eigenvalue weighted by Gasteiger charge is 2.00. The summed E-state index contributed by atoms with van der Waals surface area (Å²) >= 11 is 0. The van der Waals surface area contributed by atoms with Gasteiger partial charge in [-0.1, -0.05) is 0 Å². The zero-order valence-electron chi connectivity index (χ0n) is 8.32. The summed E-state index contributed by atoms with van der Waals surface area (Å²) < 4.78 is 5.39. The highest BCUT2D eigenvalue weighted by molar-refractivity contribution is 5.81. The van der Waals surface area contributed by atoms with Crippen LogP contribution in [0.2, 0.25) is 0 Å². The van der Waals surface area contributed by atoms with Crippen molar-refractivity contribution in [3.05, 3.63) is 30.2 Å². The van der Waals surface area contributed by atoms with Crippen LogP contribution in [0.25, 0.3) is 10.9 Å². The molecule has 0 bridgehead atoms. The van der Waals surface area contributed by atoms with Crippen LogP contribution in [0.1, 0.15) is 12.6 Å². The lowest BCUT2D eigenvalue weighted by molar-refractivity contribution is 0.340. The second-order valence-corrected chi connectivity index (χ2v) is 3.07. The third-order valence-electron chi connectivity index (χ3n) is 2.12. The number of aryl methyl sites for hydroxylation is 1. The summed E-state index contributed by atoms with van der Waals surface area (Å²) in [6.07, 6.45) is 1.58. The first-order chi connectivity index (χ1) is 6.81. The van der Waals surface area contributed by atoms with Crippen molar-refractivity contribution in [2.75, 3.05) is 6.61 Å². The molecule has 0 fully saturated rings. The minimum absolute atomic E-state index is 0.676. The molecule has 0 aliphatic rings. The third kappa shape index (κ3) is 1.53. The first kappa shape index (κ1) is 8.94. The number of aromatic nitrogens is 2. The predicted molar refractivity (Wildman–Crippen MR) is 55.4 cm³/mol. The molecule has 0 saturated carbocycles. The smallest absolute Gasteiger partial charge is 0.121 e. The Hall–Kier alpha value is -1.64. The van der Waals surface area contributed by atoms with Gasteiger partial charge >= 0.3 is 0 Å². The van der Waals surface area contributed by atoms with E-state index in [1.165, 1.54) is 0 Å². The maximum absolute atomic E-state index is 5.39. The maximum atomic E-state index is 5.39. The van der Waals surface area contributed by atoms with Crippen LogP contribution in [0.4, 0.5) is 0 Å². The lowest BCUT2D eigenvalue weighted by atomic mass is 10.2. The Morgan fingerprint density at radius 1 is 1.29 bits per heavy atom. The van der Waals surface area contributed by atoms with Crippen LogP contribution < -0.4 is 4.74 Å². The summed E-state index contributed by atoms with van der Waals surface area (Å²) in [5.41, 5.74) is 1.93. The van der Waals surface area contributed by atoms with E-state index in [9.17, 15) is 0 Å². The molecule has 0 saturated heterocycles. The van der Waals surface area contributed by atoms with Crippen molar-refractivity contribution in [2.45, 2.75) is 13.8 Å². The molecule has 0 aliphatic heterocycles. The standard InChI is InChI=1S/C11H12N2O/c1-3-14-9-4-5-10-8(2)12-7-13-11(10)6-9/h4-7H,3H2,1-2H3. The van der Waals surface area contributed by atoms with Crippen molar-refractivity contribution in [1.29, 1.82) is 0 Å². The van der Waals surface area contributed by atoms with Gasteiger partial charge in [0.15, 0.2) is 0 Å². The molecule has 14 heavy (non-hydrogen) atoms. The van der Waals surface area contributed by atoms with Crippen LogP contribution >= 0.6 is 0 Å². The molecule has 0 unspecified atom stereocenters. The lowest BCUT2D eigenvalue weighted by Gasteiger charge is -2.04. The van der Waals surface area contributed by atoms with Gasteiger partial charge in [0.2, 0.25) is 0 Å². The number of hydrogen-bond donors (Lipinski definition) is 0. The van der Waals surface area contributed by atoms with Crippen LogP contribution in [0.5, 0.6) is 5.75 Å². The monoisotopic (exact) mass is 188 g/mol. The van der Waals surface area contributed by atoms with E-state index in [0.29, 0.717) is 6.61 Å². The van der Waals surface area contributed by atoms with Crippen molar-refractivity contribution in [1.82, 2.24) is 9.97 Å². The summed E-state index contributed by atoms with van der Waals surface area (Å²) in [7, 11) is 0. The van der Waals surface area contributed by atoms with E-state index in [-0.39, 0.29) is 0 Å². The fourth-order valence-electron chi connectivity index (χ4n) is 1.43. The van der Waals surface area contributed by atoms with E-state index in [4.69, 9.17) is 4.74 Å². The summed E-state index contributed by atoms with van der Waals surface area (Å²) in [5, 5.41) is 1.08. The lowest BCUT2D eigenvalue weighted by Crippen LogP contribution is -1.92. The van der Waals surface area contributed by atoms with Crippen LogP contribution in [-0.4, -0.2) is 16.6 Å². The predicted octanol–water partition coefficient (Wildman–Crippen LogP) is 2.34. The molecule has 2 aromatic rings. The highest BCUT2D eigenvalue weighted by Crippen LogP contribution is 2.20. The Morgan fingerprint density at radius 2 is 2.14 bits per heavy atom. The minimum atomic E-state index is 0.676. The quantitative estimate of drug-likeness (QED) is 0.725. The fourth-order valence-corrected chi connectivity index (χ4v) is 1.43. The average molecular weight is 188 g/mol. The van der Waals surface area contributed by atoms with Crippen LogP contribution in [0.3, 0.4) is 0 Å². The van der Waals surface area contributed by atoms with Crippen LogP contribution in [-0.2, 0) is 0 Å². The zero-order chi connectivity index (χ0) is 9.97. The molecular formula is C11H12N2O. The average Bonchev–Trinajstić information content (AvgIpc) is 2.18. The summed E-state index contributed by atoms with van der Waals surface area (Å²) in [6, 6.07) is 5.88. The van der Waals surface area contributed by atoms with Gasteiger partial charge in [0.1, 0.15) is 12.1 Å². The van der Waals surface area contributed by atoms with Crippen molar-refractivity contribution in [2.24, 2.45) is 0 Å². The highest BCUT2D eigenvalue weighted by atomic mass is 16.5. The second-order valence-electron chi connectivity index (χ2n) is 3.07. The number of benzene rings is 1. The summed E-state index contributed by atoms with van der Waals surface area (Å²) in [5.74, 6) is 0.859. The van der Waals surface area contributed by atoms with Crippen LogP contribution in [0.15, 0.2) is 24.5 Å². The minimum Gasteiger partial charge on any atom is -0.494 e. The molecule has 1 heterocycles. The van der Waals surface area contributed by atoms with Gasteiger partial charge in [-0.05, 0) is 26.0 Å². The summed E-state index contributed by atoms with van der Waals surface area (Å²) in [6.45, 7) is 4.62. The van der Waals surface area contributed by atoms with E-state index in [2.05, 4.69) is 9.97 Å². The number of hydrogen-bond acceptors (Lipinski definition) is 3. The number of rotatable bonds is 2. The molecule has 3 nitrogen and oxygen atoms in total. The molecule has 0 atom stereocenters. The maximum Gasteiger partial charge on any atom is 0.121 e. The zero-order valence-corrected chi connectivity index (χ0v) is 8.32. The van der Waals surface area contributed by atoms with Crippen molar-refractivity contribution >= 4 is 10.9 Å². The van der Waals surface area contributed by atoms with E-state index in [1.807, 2.05) is 32.0 Å². The Bertz CT molecular complexity index is 454. The SMILES string of the molecule is CCOc1ccc2c(C)ncnc2c1. The van der Waals surface area contributed by atoms with Crippen molar-refractivity contribution in [3.8, 4) is 5.75 Å². The summed E-state index contributed by atoms with van der Waals surface area (Å²) in [4.78, 5) is 8.32. The van der Waals surface area contributed by atoms with Gasteiger partial charge in [-0.2, -0.15) is 0 Å². The molecule has 3 heteroatoms. The molecule has 72 valence electrons. The van der Waals surface area contributed by atoms with Gasteiger partial charge in [0.05, 0.1) is 12.1 Å². The Balaban J connectivity index is 2.56. The first-order valence-corrected chi connectivity index (χ1v) is 4.65. The molecule has 0 N–H and O–H groups in total. The molecule has 0 radical (unpaired) electrons.